The molecule has 0 bridgehead atoms. The van der Waals surface area contributed by atoms with Crippen molar-refractivity contribution in [3.05, 3.63) is 71.8 Å². The average molecular weight is 328 g/mol. The molecule has 1 aliphatic heterocycles. The fraction of sp³-hybridized carbons (Fsp3) is 0.400. The van der Waals surface area contributed by atoms with Crippen molar-refractivity contribution >= 4 is 0 Å². The van der Waals surface area contributed by atoms with E-state index >= 15 is 0 Å². The summed E-state index contributed by atoms with van der Waals surface area (Å²) >= 11 is 0. The summed E-state index contributed by atoms with van der Waals surface area (Å²) in [5.74, 6) is 0. The van der Waals surface area contributed by atoms with Crippen LogP contribution in [0.1, 0.15) is 17.5 Å². The van der Waals surface area contributed by atoms with Gasteiger partial charge in [-0.25, -0.2) is 0 Å². The molecule has 4 nitrogen and oxygen atoms in total. The summed E-state index contributed by atoms with van der Waals surface area (Å²) in [6, 6.07) is 20.3. The molecule has 3 rings (SSSR count). The van der Waals surface area contributed by atoms with Gasteiger partial charge in [-0.05, 0) is 11.1 Å². The van der Waals surface area contributed by atoms with Crippen LogP contribution in [-0.4, -0.2) is 32.2 Å². The summed E-state index contributed by atoms with van der Waals surface area (Å²) in [5.41, 5.74) is 2.30. The average Bonchev–Trinajstić information content (AvgIpc) is 2.66. The van der Waals surface area contributed by atoms with Gasteiger partial charge in [-0.15, -0.1) is 0 Å². The van der Waals surface area contributed by atoms with Gasteiger partial charge < -0.3 is 18.9 Å². The van der Waals surface area contributed by atoms with Gasteiger partial charge in [0.15, 0.2) is 6.29 Å². The van der Waals surface area contributed by atoms with Crippen LogP contribution in [0.4, 0.5) is 0 Å². The van der Waals surface area contributed by atoms with E-state index in [9.17, 15) is 0 Å². The molecule has 4 heteroatoms. The number of benzene rings is 2. The van der Waals surface area contributed by atoms with Crippen LogP contribution in [0.2, 0.25) is 0 Å². The van der Waals surface area contributed by atoms with E-state index in [0.29, 0.717) is 26.2 Å². The molecule has 1 heterocycles. The fourth-order valence-electron chi connectivity index (χ4n) is 2.77. The third kappa shape index (κ3) is 4.89. The van der Waals surface area contributed by atoms with Gasteiger partial charge in [0.1, 0.15) is 6.10 Å². The second-order valence-corrected chi connectivity index (χ2v) is 5.90. The fourth-order valence-corrected chi connectivity index (χ4v) is 2.77. The molecule has 0 radical (unpaired) electrons. The van der Waals surface area contributed by atoms with Crippen LogP contribution in [-0.2, 0) is 32.2 Å². The third-order valence-electron chi connectivity index (χ3n) is 4.16. The van der Waals surface area contributed by atoms with Crippen LogP contribution in [0.15, 0.2) is 60.7 Å². The molecule has 0 amide bonds. The normalized spacial score (nSPS) is 24.0. The van der Waals surface area contributed by atoms with Crippen molar-refractivity contribution in [3.8, 4) is 0 Å². The molecule has 3 atom stereocenters. The van der Waals surface area contributed by atoms with Gasteiger partial charge in [0.25, 0.3) is 0 Å². The molecule has 0 aliphatic carbocycles. The maximum atomic E-state index is 6.12. The molecule has 24 heavy (non-hydrogen) atoms. The first kappa shape index (κ1) is 17.1. The largest absolute Gasteiger partial charge is 0.371 e. The topological polar surface area (TPSA) is 36.9 Å². The molecular weight excluding hydrogens is 304 g/mol. The Morgan fingerprint density at radius 3 is 1.92 bits per heavy atom. The van der Waals surface area contributed by atoms with E-state index in [1.807, 2.05) is 36.4 Å². The minimum atomic E-state index is -0.234. The van der Waals surface area contributed by atoms with E-state index in [0.717, 1.165) is 11.1 Å². The Labute approximate surface area is 143 Å². The van der Waals surface area contributed by atoms with Gasteiger partial charge in [0.05, 0.1) is 25.9 Å². The van der Waals surface area contributed by atoms with Crippen molar-refractivity contribution in [1.82, 2.24) is 0 Å². The van der Waals surface area contributed by atoms with E-state index < -0.39 is 0 Å². The van der Waals surface area contributed by atoms with Crippen LogP contribution >= 0.6 is 0 Å². The van der Waals surface area contributed by atoms with Crippen LogP contribution in [0.3, 0.4) is 0 Å². The highest BCUT2D eigenvalue weighted by molar-refractivity contribution is 5.14. The lowest BCUT2D eigenvalue weighted by Crippen LogP contribution is -2.44. The van der Waals surface area contributed by atoms with Crippen molar-refractivity contribution < 1.29 is 18.9 Å². The van der Waals surface area contributed by atoms with E-state index in [2.05, 4.69) is 24.3 Å². The zero-order valence-corrected chi connectivity index (χ0v) is 14.0. The van der Waals surface area contributed by atoms with Crippen LogP contribution in [0.5, 0.6) is 0 Å². The van der Waals surface area contributed by atoms with Gasteiger partial charge in [-0.3, -0.25) is 0 Å². The zero-order valence-electron chi connectivity index (χ0n) is 14.0. The predicted octanol–water partition coefficient (Wildman–Crippen LogP) is 3.55. The highest BCUT2D eigenvalue weighted by atomic mass is 16.7. The molecule has 0 spiro atoms. The monoisotopic (exact) mass is 328 g/mol. The van der Waals surface area contributed by atoms with Crippen LogP contribution < -0.4 is 0 Å². The molecule has 2 aromatic carbocycles. The van der Waals surface area contributed by atoms with Crippen LogP contribution in [0.25, 0.3) is 0 Å². The maximum Gasteiger partial charge on any atom is 0.159 e. The lowest BCUT2D eigenvalue weighted by molar-refractivity contribution is -0.230. The molecule has 0 N–H and O–H groups in total. The highest BCUT2D eigenvalue weighted by Crippen LogP contribution is 2.22. The first-order chi connectivity index (χ1) is 11.8. The third-order valence-corrected chi connectivity index (χ3v) is 4.16. The minimum Gasteiger partial charge on any atom is -0.371 e. The molecule has 0 aromatic heterocycles. The number of hydrogen-bond donors (Lipinski definition) is 0. The van der Waals surface area contributed by atoms with Crippen molar-refractivity contribution in [1.29, 1.82) is 0 Å². The predicted molar refractivity (Wildman–Crippen MR) is 91.4 cm³/mol. The Kier molecular flexibility index (Phi) is 6.38. The van der Waals surface area contributed by atoms with Crippen molar-refractivity contribution in [2.24, 2.45) is 0 Å². The first-order valence-corrected chi connectivity index (χ1v) is 8.30. The van der Waals surface area contributed by atoms with Gasteiger partial charge in [-0.1, -0.05) is 60.7 Å². The lowest BCUT2D eigenvalue weighted by Gasteiger charge is -2.35. The summed E-state index contributed by atoms with van der Waals surface area (Å²) in [6.45, 7) is 1.59. The van der Waals surface area contributed by atoms with Gasteiger partial charge in [-0.2, -0.15) is 0 Å². The molecule has 1 saturated heterocycles. The summed E-state index contributed by atoms with van der Waals surface area (Å²) in [7, 11) is 1.66. The first-order valence-electron chi connectivity index (χ1n) is 8.30. The van der Waals surface area contributed by atoms with Gasteiger partial charge in [0, 0.05) is 13.5 Å². The quantitative estimate of drug-likeness (QED) is 0.779. The van der Waals surface area contributed by atoms with E-state index in [4.69, 9.17) is 18.9 Å². The zero-order chi connectivity index (χ0) is 16.6. The minimum absolute atomic E-state index is 0.0485. The molecule has 0 saturated carbocycles. The number of methoxy groups -OCH3 is 1. The standard InChI is InChI=1S/C20H24O4/c1-21-20-12-18(22-13-16-8-4-2-5-9-16)19(15-24-20)23-14-17-10-6-3-7-11-17/h2-11,18-20H,12-15H2,1H3/t18-,19-,20-/m1/s1. The molecule has 1 fully saturated rings. The molecule has 0 unspecified atom stereocenters. The molecule has 2 aromatic rings. The number of hydrogen-bond acceptors (Lipinski definition) is 4. The lowest BCUT2D eigenvalue weighted by atomic mass is 10.1. The molecular formula is C20H24O4. The summed E-state index contributed by atoms with van der Waals surface area (Å²) in [5, 5.41) is 0. The SMILES string of the molecule is CO[C@H]1C[C@@H](OCc2ccccc2)[C@H](OCc2ccccc2)CO1. The van der Waals surface area contributed by atoms with Crippen molar-refractivity contribution in [2.75, 3.05) is 13.7 Å². The van der Waals surface area contributed by atoms with E-state index in [1.54, 1.807) is 7.11 Å². The van der Waals surface area contributed by atoms with Crippen molar-refractivity contribution in [3.63, 3.8) is 0 Å². The number of ether oxygens (including phenoxy) is 4. The van der Waals surface area contributed by atoms with Gasteiger partial charge >= 0.3 is 0 Å². The second kappa shape index (κ2) is 8.94. The Hall–Kier alpha value is -1.72. The van der Waals surface area contributed by atoms with Gasteiger partial charge in [0.2, 0.25) is 0 Å². The highest BCUT2D eigenvalue weighted by Gasteiger charge is 2.33. The summed E-state index contributed by atoms with van der Waals surface area (Å²) < 4.78 is 23.2. The maximum absolute atomic E-state index is 6.12. The second-order valence-electron chi connectivity index (χ2n) is 5.90. The smallest absolute Gasteiger partial charge is 0.159 e. The Balaban J connectivity index is 1.57. The summed E-state index contributed by atoms with van der Waals surface area (Å²) in [6.07, 6.45) is 0.290. The van der Waals surface area contributed by atoms with E-state index in [-0.39, 0.29) is 18.5 Å². The van der Waals surface area contributed by atoms with Crippen LogP contribution in [0, 0.1) is 0 Å². The summed E-state index contributed by atoms with van der Waals surface area (Å²) in [4.78, 5) is 0. The van der Waals surface area contributed by atoms with Crippen molar-refractivity contribution in [2.45, 2.75) is 38.1 Å². The van der Waals surface area contributed by atoms with E-state index in [1.165, 1.54) is 0 Å². The Morgan fingerprint density at radius 2 is 1.38 bits per heavy atom. The molecule has 1 aliphatic rings. The Morgan fingerprint density at radius 1 is 0.833 bits per heavy atom. The number of rotatable bonds is 7. The Bertz CT molecular complexity index is 587. The molecule has 128 valence electrons.